The molecule has 0 fully saturated rings. The summed E-state index contributed by atoms with van der Waals surface area (Å²) in [6.45, 7) is 0. The van der Waals surface area contributed by atoms with E-state index in [1.165, 1.54) is 18.4 Å². The smallest absolute Gasteiger partial charge is 0.319 e. The van der Waals surface area contributed by atoms with E-state index in [-0.39, 0.29) is 18.4 Å². The van der Waals surface area contributed by atoms with Gasteiger partial charge in [0.15, 0.2) is 0 Å². The minimum atomic E-state index is -0.441. The van der Waals surface area contributed by atoms with Crippen molar-refractivity contribution < 1.29 is 14.3 Å². The SMILES string of the molecule is COC(=O)CC(NC(=O)Nc1cccc2cnccc12)c1cccs1. The summed E-state index contributed by atoms with van der Waals surface area (Å²) in [6.07, 6.45) is 3.49. The highest BCUT2D eigenvalue weighted by atomic mass is 32.1. The number of aromatic nitrogens is 1. The number of thiophene rings is 1. The second kappa shape index (κ2) is 7.76. The number of carbonyl (C=O) groups is 2. The molecule has 25 heavy (non-hydrogen) atoms. The first kappa shape index (κ1) is 16.9. The fraction of sp³-hybridized carbons (Fsp3) is 0.167. The Morgan fingerprint density at radius 3 is 2.88 bits per heavy atom. The highest BCUT2D eigenvalue weighted by molar-refractivity contribution is 7.10. The zero-order chi connectivity index (χ0) is 17.6. The molecule has 0 saturated heterocycles. The molecule has 0 spiro atoms. The Bertz CT molecular complexity index is 875. The molecule has 0 saturated carbocycles. The molecule has 2 heterocycles. The van der Waals surface area contributed by atoms with Crippen LogP contribution in [0.4, 0.5) is 10.5 Å². The number of anilines is 1. The maximum Gasteiger partial charge on any atom is 0.319 e. The quantitative estimate of drug-likeness (QED) is 0.684. The number of benzene rings is 1. The monoisotopic (exact) mass is 355 g/mol. The maximum atomic E-state index is 12.4. The average molecular weight is 355 g/mol. The van der Waals surface area contributed by atoms with Gasteiger partial charge in [0.05, 0.1) is 25.3 Å². The minimum Gasteiger partial charge on any atom is -0.469 e. The number of rotatable bonds is 5. The van der Waals surface area contributed by atoms with Crippen LogP contribution < -0.4 is 10.6 Å². The predicted octanol–water partition coefficient (Wildman–Crippen LogP) is 3.72. The third-order valence-corrected chi connectivity index (χ3v) is 4.71. The summed E-state index contributed by atoms with van der Waals surface area (Å²) >= 11 is 1.48. The summed E-state index contributed by atoms with van der Waals surface area (Å²) in [5.74, 6) is -0.380. The van der Waals surface area contributed by atoms with Gasteiger partial charge in [-0.2, -0.15) is 0 Å². The summed E-state index contributed by atoms with van der Waals surface area (Å²) in [6, 6.07) is 10.4. The molecule has 1 aromatic carbocycles. The van der Waals surface area contributed by atoms with Gasteiger partial charge >= 0.3 is 12.0 Å². The van der Waals surface area contributed by atoms with E-state index >= 15 is 0 Å². The molecule has 1 unspecified atom stereocenters. The largest absolute Gasteiger partial charge is 0.469 e. The average Bonchev–Trinajstić information content (AvgIpc) is 3.16. The first-order valence-corrected chi connectivity index (χ1v) is 8.56. The Labute approximate surface area is 148 Å². The number of carbonyl (C=O) groups excluding carboxylic acids is 2. The molecule has 0 bridgehead atoms. The van der Waals surface area contributed by atoms with Gasteiger partial charge in [-0.05, 0) is 23.6 Å². The fourth-order valence-corrected chi connectivity index (χ4v) is 3.29. The lowest BCUT2D eigenvalue weighted by Crippen LogP contribution is -2.33. The number of methoxy groups -OCH3 is 1. The second-order valence-electron chi connectivity index (χ2n) is 5.35. The number of hydrogen-bond acceptors (Lipinski definition) is 5. The molecule has 2 aromatic heterocycles. The zero-order valence-electron chi connectivity index (χ0n) is 13.6. The lowest BCUT2D eigenvalue weighted by molar-refractivity contribution is -0.141. The van der Waals surface area contributed by atoms with E-state index < -0.39 is 6.04 Å². The van der Waals surface area contributed by atoms with Gasteiger partial charge in [0.2, 0.25) is 0 Å². The van der Waals surface area contributed by atoms with Crippen LogP contribution in [0, 0.1) is 0 Å². The molecular formula is C18H17N3O3S. The Balaban J connectivity index is 1.76. The minimum absolute atomic E-state index is 0.0733. The lowest BCUT2D eigenvalue weighted by Gasteiger charge is -2.17. The number of nitrogens with zero attached hydrogens (tertiary/aromatic N) is 1. The standard InChI is InChI=1S/C18H17N3O3S/c1-24-17(22)10-15(16-6-3-9-25-16)21-18(23)20-14-5-2-4-12-11-19-8-7-13(12)14/h2-9,11,15H,10H2,1H3,(H2,20,21,23). The van der Waals surface area contributed by atoms with Gasteiger partial charge < -0.3 is 15.4 Å². The molecule has 0 aliphatic carbocycles. The second-order valence-corrected chi connectivity index (χ2v) is 6.33. The zero-order valence-corrected chi connectivity index (χ0v) is 14.4. The van der Waals surface area contributed by atoms with E-state index in [9.17, 15) is 9.59 Å². The van der Waals surface area contributed by atoms with Crippen LogP contribution in [0.3, 0.4) is 0 Å². The molecule has 0 aliphatic rings. The van der Waals surface area contributed by atoms with E-state index in [4.69, 9.17) is 4.74 Å². The van der Waals surface area contributed by atoms with Gasteiger partial charge in [-0.15, -0.1) is 11.3 Å². The first-order chi connectivity index (χ1) is 12.2. The first-order valence-electron chi connectivity index (χ1n) is 7.68. The summed E-state index contributed by atoms with van der Waals surface area (Å²) in [5, 5.41) is 9.42. The fourth-order valence-electron chi connectivity index (χ4n) is 2.51. The van der Waals surface area contributed by atoms with Crippen molar-refractivity contribution in [3.63, 3.8) is 0 Å². The Hall–Kier alpha value is -2.93. The van der Waals surface area contributed by atoms with Crippen LogP contribution in [0.2, 0.25) is 0 Å². The molecule has 1 atom stereocenters. The van der Waals surface area contributed by atoms with Crippen molar-refractivity contribution in [3.8, 4) is 0 Å². The normalized spacial score (nSPS) is 11.7. The summed E-state index contributed by atoms with van der Waals surface area (Å²) < 4.78 is 4.72. The predicted molar refractivity (Wildman–Crippen MR) is 97.6 cm³/mol. The molecule has 7 heteroatoms. The molecule has 2 amide bonds. The van der Waals surface area contributed by atoms with Gasteiger partial charge in [0.25, 0.3) is 0 Å². The van der Waals surface area contributed by atoms with Crippen molar-refractivity contribution in [2.75, 3.05) is 12.4 Å². The number of pyridine rings is 1. The van der Waals surface area contributed by atoms with E-state index in [1.54, 1.807) is 12.4 Å². The molecule has 6 nitrogen and oxygen atoms in total. The highest BCUT2D eigenvalue weighted by Crippen LogP contribution is 2.24. The van der Waals surface area contributed by atoms with Crippen molar-refractivity contribution in [2.45, 2.75) is 12.5 Å². The van der Waals surface area contributed by atoms with E-state index in [1.807, 2.05) is 41.8 Å². The maximum absolute atomic E-state index is 12.4. The van der Waals surface area contributed by atoms with Gasteiger partial charge in [0.1, 0.15) is 0 Å². The van der Waals surface area contributed by atoms with E-state index in [0.717, 1.165) is 15.6 Å². The van der Waals surface area contributed by atoms with Crippen LogP contribution in [-0.2, 0) is 9.53 Å². The van der Waals surface area contributed by atoms with Crippen molar-refractivity contribution in [2.24, 2.45) is 0 Å². The van der Waals surface area contributed by atoms with Crippen LogP contribution in [0.5, 0.6) is 0 Å². The molecule has 0 radical (unpaired) electrons. The van der Waals surface area contributed by atoms with E-state index in [2.05, 4.69) is 15.6 Å². The number of nitrogens with one attached hydrogen (secondary N) is 2. The number of urea groups is 1. The van der Waals surface area contributed by atoms with E-state index in [0.29, 0.717) is 5.69 Å². The Morgan fingerprint density at radius 2 is 2.12 bits per heavy atom. The summed E-state index contributed by atoms with van der Waals surface area (Å²) in [5.41, 5.74) is 0.681. The number of esters is 1. The van der Waals surface area contributed by atoms with Crippen molar-refractivity contribution >= 4 is 39.8 Å². The van der Waals surface area contributed by atoms with Crippen LogP contribution in [0.1, 0.15) is 17.3 Å². The third-order valence-electron chi connectivity index (χ3n) is 3.72. The Morgan fingerprint density at radius 1 is 1.24 bits per heavy atom. The third kappa shape index (κ3) is 4.13. The molecule has 3 aromatic rings. The van der Waals surface area contributed by atoms with Crippen molar-refractivity contribution in [1.82, 2.24) is 10.3 Å². The van der Waals surface area contributed by atoms with Crippen molar-refractivity contribution in [3.05, 3.63) is 59.0 Å². The molecule has 2 N–H and O–H groups in total. The topological polar surface area (TPSA) is 80.3 Å². The van der Waals surface area contributed by atoms with Crippen LogP contribution in [-0.4, -0.2) is 24.1 Å². The number of amides is 2. The van der Waals surface area contributed by atoms with Crippen LogP contribution >= 0.6 is 11.3 Å². The van der Waals surface area contributed by atoms with Crippen molar-refractivity contribution in [1.29, 1.82) is 0 Å². The Kier molecular flexibility index (Phi) is 5.25. The van der Waals surface area contributed by atoms with Gasteiger partial charge in [-0.25, -0.2) is 4.79 Å². The molecule has 128 valence electrons. The molecule has 0 aliphatic heterocycles. The van der Waals surface area contributed by atoms with Gasteiger partial charge in [0, 0.05) is 28.0 Å². The lowest BCUT2D eigenvalue weighted by atomic mass is 10.1. The summed E-state index contributed by atoms with van der Waals surface area (Å²) in [7, 11) is 1.33. The van der Waals surface area contributed by atoms with Crippen LogP contribution in [0.25, 0.3) is 10.8 Å². The van der Waals surface area contributed by atoms with Gasteiger partial charge in [-0.3, -0.25) is 9.78 Å². The molecule has 3 rings (SSSR count). The van der Waals surface area contributed by atoms with Gasteiger partial charge in [-0.1, -0.05) is 18.2 Å². The summed E-state index contributed by atoms with van der Waals surface area (Å²) in [4.78, 5) is 29.1. The molecular weight excluding hydrogens is 338 g/mol. The number of ether oxygens (including phenoxy) is 1. The highest BCUT2D eigenvalue weighted by Gasteiger charge is 2.20. The van der Waals surface area contributed by atoms with Crippen LogP contribution in [0.15, 0.2) is 54.2 Å². The number of hydrogen-bond donors (Lipinski definition) is 2. The number of fused-ring (bicyclic) bond motifs is 1.